The largest absolute Gasteiger partial charge is 0.271 e. The van der Waals surface area contributed by atoms with Gasteiger partial charge in [-0.2, -0.15) is 8.42 Å². The van der Waals surface area contributed by atoms with Crippen molar-refractivity contribution in [3.63, 3.8) is 0 Å². The Labute approximate surface area is 85.1 Å². The molecule has 12 heavy (non-hydrogen) atoms. The van der Waals surface area contributed by atoms with Crippen LogP contribution in [0.5, 0.6) is 0 Å². The molecule has 2 saturated carbocycles. The first-order valence-electron chi connectivity index (χ1n) is 4.13. The Hall–Kier alpha value is 0.640. The number of rotatable bonds is 0. The van der Waals surface area contributed by atoms with Crippen LogP contribution in [0.2, 0.25) is 0 Å². The zero-order valence-electron chi connectivity index (χ0n) is 6.36. The smallest absolute Gasteiger partial charge is 0.265 e. The molecule has 3 rings (SSSR count). The van der Waals surface area contributed by atoms with Gasteiger partial charge >= 0.3 is 0 Å². The van der Waals surface area contributed by atoms with E-state index in [-0.39, 0.29) is 14.8 Å². The second-order valence-electron chi connectivity index (χ2n) is 4.03. The van der Waals surface area contributed by atoms with Crippen LogP contribution >= 0.6 is 22.6 Å². The van der Waals surface area contributed by atoms with Crippen LogP contribution in [-0.2, 0) is 14.3 Å². The van der Waals surface area contributed by atoms with Gasteiger partial charge in [0.05, 0.1) is 9.53 Å². The molecule has 5 heteroatoms. The summed E-state index contributed by atoms with van der Waals surface area (Å²) < 4.78 is 27.9. The Morgan fingerprint density at radius 2 is 2.17 bits per heavy atom. The van der Waals surface area contributed by atoms with Crippen LogP contribution in [0, 0.1) is 5.92 Å². The fourth-order valence-electron chi connectivity index (χ4n) is 2.88. The SMILES string of the molecule is O=S1(=O)OC2CC3CC1C2(I)C3. The Bertz CT molecular complexity index is 339. The second kappa shape index (κ2) is 2.00. The number of alkyl halides is 1. The van der Waals surface area contributed by atoms with E-state index < -0.39 is 10.1 Å². The van der Waals surface area contributed by atoms with Crippen molar-refractivity contribution in [3.8, 4) is 0 Å². The van der Waals surface area contributed by atoms with Gasteiger partial charge in [0.1, 0.15) is 5.25 Å². The molecule has 1 heterocycles. The normalized spacial score (nSPS) is 59.6. The summed E-state index contributed by atoms with van der Waals surface area (Å²) in [7, 11) is -3.20. The van der Waals surface area contributed by atoms with E-state index in [1.54, 1.807) is 0 Å². The average molecular weight is 300 g/mol. The Balaban J connectivity index is 2.20. The minimum absolute atomic E-state index is 0.00755. The quantitative estimate of drug-likeness (QED) is 0.382. The van der Waals surface area contributed by atoms with Crippen LogP contribution in [0.25, 0.3) is 0 Å². The molecular formula is C7H9IO3S. The molecule has 0 aromatic heterocycles. The molecule has 2 aliphatic carbocycles. The van der Waals surface area contributed by atoms with E-state index in [2.05, 4.69) is 22.6 Å². The lowest BCUT2D eigenvalue weighted by Gasteiger charge is -2.21. The monoisotopic (exact) mass is 300 g/mol. The second-order valence-corrected chi connectivity index (χ2v) is 7.79. The van der Waals surface area contributed by atoms with Gasteiger partial charge in [-0.15, -0.1) is 0 Å². The van der Waals surface area contributed by atoms with Gasteiger partial charge in [-0.1, -0.05) is 22.6 Å². The van der Waals surface area contributed by atoms with Crippen molar-refractivity contribution >= 4 is 32.7 Å². The van der Waals surface area contributed by atoms with Crippen LogP contribution in [0.1, 0.15) is 19.3 Å². The van der Waals surface area contributed by atoms with Gasteiger partial charge in [-0.25, -0.2) is 0 Å². The van der Waals surface area contributed by atoms with Crippen molar-refractivity contribution in [2.24, 2.45) is 5.92 Å². The van der Waals surface area contributed by atoms with Crippen LogP contribution in [0.15, 0.2) is 0 Å². The minimum Gasteiger partial charge on any atom is -0.265 e. The van der Waals surface area contributed by atoms with E-state index >= 15 is 0 Å². The lowest BCUT2D eigenvalue weighted by Crippen LogP contribution is -2.35. The molecular weight excluding hydrogens is 291 g/mol. The van der Waals surface area contributed by atoms with Crippen molar-refractivity contribution in [3.05, 3.63) is 0 Å². The molecule has 4 atom stereocenters. The zero-order chi connectivity index (χ0) is 8.56. The van der Waals surface area contributed by atoms with E-state index in [1.165, 1.54) is 0 Å². The van der Waals surface area contributed by atoms with E-state index in [9.17, 15) is 8.42 Å². The van der Waals surface area contributed by atoms with Gasteiger partial charge in [0.25, 0.3) is 10.1 Å². The maximum Gasteiger partial charge on any atom is 0.271 e. The summed E-state index contributed by atoms with van der Waals surface area (Å²) in [5.41, 5.74) is 0. The molecule has 0 aromatic rings. The third-order valence-electron chi connectivity index (χ3n) is 3.37. The molecule has 3 aliphatic rings. The zero-order valence-corrected chi connectivity index (χ0v) is 9.34. The first-order valence-corrected chi connectivity index (χ1v) is 6.68. The summed E-state index contributed by atoms with van der Waals surface area (Å²) in [6.07, 6.45) is 2.83. The van der Waals surface area contributed by atoms with Crippen molar-refractivity contribution in [1.82, 2.24) is 0 Å². The molecule has 1 aliphatic heterocycles. The molecule has 0 N–H and O–H groups in total. The molecule has 68 valence electrons. The highest BCUT2D eigenvalue weighted by atomic mass is 127. The number of halogens is 1. The Morgan fingerprint density at radius 3 is 2.67 bits per heavy atom. The molecule has 0 amide bonds. The fraction of sp³-hybridized carbons (Fsp3) is 1.00. The number of hydrogen-bond donors (Lipinski definition) is 0. The number of hydrogen-bond acceptors (Lipinski definition) is 3. The maximum atomic E-state index is 11.5. The molecule has 0 radical (unpaired) electrons. The van der Waals surface area contributed by atoms with Crippen molar-refractivity contribution in [2.75, 3.05) is 0 Å². The lowest BCUT2D eigenvalue weighted by molar-refractivity contribution is 0.215. The highest BCUT2D eigenvalue weighted by molar-refractivity contribution is 14.1. The van der Waals surface area contributed by atoms with Crippen molar-refractivity contribution in [2.45, 2.75) is 34.0 Å². The molecule has 0 aromatic carbocycles. The Kier molecular flexibility index (Phi) is 1.33. The molecule has 1 saturated heterocycles. The summed E-state index contributed by atoms with van der Waals surface area (Å²) >= 11 is 2.31. The number of fused-ring (bicyclic) bond motifs is 1. The summed E-state index contributed by atoms with van der Waals surface area (Å²) in [4.78, 5) is 0. The van der Waals surface area contributed by atoms with Crippen molar-refractivity contribution in [1.29, 1.82) is 0 Å². The summed E-state index contributed by atoms with van der Waals surface area (Å²) in [5, 5.41) is -0.200. The predicted octanol–water partition coefficient (Wildman–Crippen LogP) is 1.07. The first-order chi connectivity index (χ1) is 5.52. The van der Waals surface area contributed by atoms with Crippen LogP contribution in [0.4, 0.5) is 0 Å². The molecule has 2 bridgehead atoms. The van der Waals surface area contributed by atoms with Crippen LogP contribution in [0.3, 0.4) is 0 Å². The molecule has 3 nitrogen and oxygen atoms in total. The highest BCUT2D eigenvalue weighted by Crippen LogP contribution is 2.61. The molecule has 4 unspecified atom stereocenters. The lowest BCUT2D eigenvalue weighted by atomic mass is 9.97. The van der Waals surface area contributed by atoms with Crippen LogP contribution < -0.4 is 0 Å². The topological polar surface area (TPSA) is 43.4 Å². The molecule has 3 fully saturated rings. The summed E-state index contributed by atoms with van der Waals surface area (Å²) in [6.45, 7) is 0. The summed E-state index contributed by atoms with van der Waals surface area (Å²) in [6, 6.07) is 0. The van der Waals surface area contributed by atoms with Gasteiger partial charge in [0, 0.05) is 0 Å². The van der Waals surface area contributed by atoms with Gasteiger partial charge in [-0.05, 0) is 25.2 Å². The summed E-state index contributed by atoms with van der Waals surface area (Å²) in [5.74, 6) is 0.606. The third-order valence-corrected chi connectivity index (χ3v) is 7.49. The van der Waals surface area contributed by atoms with Crippen molar-refractivity contribution < 1.29 is 12.6 Å². The Morgan fingerprint density at radius 1 is 1.42 bits per heavy atom. The highest BCUT2D eigenvalue weighted by Gasteiger charge is 2.68. The third kappa shape index (κ3) is 0.737. The average Bonchev–Trinajstić information content (AvgIpc) is 2.39. The first kappa shape index (κ1) is 7.99. The van der Waals surface area contributed by atoms with Crippen LogP contribution in [-0.4, -0.2) is 23.2 Å². The standard InChI is InChI=1S/C7H9IO3S/c8-7-3-4-1-5(7)11-12(9,10)6(7)2-4/h4-6H,1-3H2. The van der Waals surface area contributed by atoms with Gasteiger partial charge in [-0.3, -0.25) is 4.18 Å². The predicted molar refractivity (Wildman–Crippen MR) is 51.7 cm³/mol. The van der Waals surface area contributed by atoms with E-state index in [0.717, 1.165) is 19.3 Å². The maximum absolute atomic E-state index is 11.5. The van der Waals surface area contributed by atoms with E-state index in [4.69, 9.17) is 4.18 Å². The molecule has 0 spiro atoms. The van der Waals surface area contributed by atoms with Gasteiger partial charge in [0.15, 0.2) is 0 Å². The van der Waals surface area contributed by atoms with E-state index in [1.807, 2.05) is 0 Å². The van der Waals surface area contributed by atoms with Gasteiger partial charge < -0.3 is 0 Å². The fourth-order valence-corrected chi connectivity index (χ4v) is 7.19. The van der Waals surface area contributed by atoms with Gasteiger partial charge in [0.2, 0.25) is 0 Å². The minimum atomic E-state index is -3.20. The van der Waals surface area contributed by atoms with E-state index in [0.29, 0.717) is 5.92 Å².